The molecule has 0 N–H and O–H groups in total. The largest absolute Gasteiger partial charge is 0.475 e. The van der Waals surface area contributed by atoms with Gasteiger partial charge in [-0.1, -0.05) is 77.9 Å². The number of hydrogen-bond donors (Lipinski definition) is 0. The maximum atomic E-state index is 6.06. The Labute approximate surface area is 180 Å². The van der Waals surface area contributed by atoms with Gasteiger partial charge >= 0.3 is 0 Å². The molecular weight excluding hydrogens is 372 g/mol. The summed E-state index contributed by atoms with van der Waals surface area (Å²) in [6.45, 7) is 14.5. The highest BCUT2D eigenvalue weighted by Crippen LogP contribution is 2.34. The SMILES string of the molecule is CC(C)(C)[C@H]1COC(c2ccccc2-c2ccccc2C2=N[C@@H](C(C)(C)C)CO2)=N1. The van der Waals surface area contributed by atoms with Crippen LogP contribution < -0.4 is 0 Å². The van der Waals surface area contributed by atoms with Gasteiger partial charge in [-0.3, -0.25) is 0 Å². The predicted molar refractivity (Wildman–Crippen MR) is 123 cm³/mol. The number of rotatable bonds is 3. The molecule has 4 nitrogen and oxygen atoms in total. The minimum absolute atomic E-state index is 0.0724. The van der Waals surface area contributed by atoms with E-state index in [0.29, 0.717) is 13.2 Å². The van der Waals surface area contributed by atoms with E-state index in [-0.39, 0.29) is 22.9 Å². The summed E-state index contributed by atoms with van der Waals surface area (Å²) in [6.07, 6.45) is 0. The van der Waals surface area contributed by atoms with Gasteiger partial charge in [-0.25, -0.2) is 9.98 Å². The van der Waals surface area contributed by atoms with Crippen molar-refractivity contribution in [2.45, 2.75) is 53.6 Å². The smallest absolute Gasteiger partial charge is 0.217 e. The van der Waals surface area contributed by atoms with Gasteiger partial charge in [-0.05, 0) is 34.1 Å². The summed E-state index contributed by atoms with van der Waals surface area (Å²) in [5.41, 5.74) is 4.36. The van der Waals surface area contributed by atoms with Crippen LogP contribution in [0.5, 0.6) is 0 Å². The molecule has 4 heteroatoms. The highest BCUT2D eigenvalue weighted by atomic mass is 16.5. The van der Waals surface area contributed by atoms with Crippen molar-refractivity contribution in [2.24, 2.45) is 20.8 Å². The van der Waals surface area contributed by atoms with Crippen molar-refractivity contribution in [1.82, 2.24) is 0 Å². The number of benzene rings is 2. The molecule has 2 aromatic rings. The fourth-order valence-corrected chi connectivity index (χ4v) is 3.74. The van der Waals surface area contributed by atoms with E-state index >= 15 is 0 Å². The topological polar surface area (TPSA) is 43.2 Å². The molecule has 0 fully saturated rings. The Morgan fingerprint density at radius 3 is 1.23 bits per heavy atom. The van der Waals surface area contributed by atoms with Crippen LogP contribution in [-0.2, 0) is 9.47 Å². The second kappa shape index (κ2) is 7.57. The van der Waals surface area contributed by atoms with Crippen molar-refractivity contribution in [3.8, 4) is 11.1 Å². The number of hydrogen-bond acceptors (Lipinski definition) is 4. The monoisotopic (exact) mass is 404 g/mol. The average molecular weight is 405 g/mol. The number of nitrogens with zero attached hydrogens (tertiary/aromatic N) is 2. The predicted octanol–water partition coefficient (Wildman–Crippen LogP) is 5.74. The summed E-state index contributed by atoms with van der Waals surface area (Å²) in [4.78, 5) is 9.84. The summed E-state index contributed by atoms with van der Waals surface area (Å²) in [5, 5.41) is 0. The molecule has 2 atom stereocenters. The van der Waals surface area contributed by atoms with Gasteiger partial charge < -0.3 is 9.47 Å². The third-order valence-corrected chi connectivity index (χ3v) is 5.91. The fourth-order valence-electron chi connectivity index (χ4n) is 3.74. The van der Waals surface area contributed by atoms with Crippen LogP contribution in [0.3, 0.4) is 0 Å². The Morgan fingerprint density at radius 2 is 0.933 bits per heavy atom. The van der Waals surface area contributed by atoms with Gasteiger partial charge in [0, 0.05) is 11.1 Å². The minimum atomic E-state index is 0.0724. The molecule has 2 aliphatic rings. The van der Waals surface area contributed by atoms with Gasteiger partial charge in [0.05, 0.1) is 12.1 Å². The maximum Gasteiger partial charge on any atom is 0.217 e. The molecule has 0 radical (unpaired) electrons. The van der Waals surface area contributed by atoms with Gasteiger partial charge in [-0.15, -0.1) is 0 Å². The fraction of sp³-hybridized carbons (Fsp3) is 0.462. The summed E-state index contributed by atoms with van der Waals surface area (Å²) in [5.74, 6) is 1.45. The molecule has 0 saturated carbocycles. The molecule has 2 heterocycles. The van der Waals surface area contributed by atoms with Crippen molar-refractivity contribution in [3.05, 3.63) is 59.7 Å². The zero-order chi connectivity index (χ0) is 21.5. The first-order valence-electron chi connectivity index (χ1n) is 10.7. The van der Waals surface area contributed by atoms with Crippen LogP contribution in [-0.4, -0.2) is 37.1 Å². The minimum Gasteiger partial charge on any atom is -0.475 e. The molecule has 0 aliphatic carbocycles. The third kappa shape index (κ3) is 4.00. The first kappa shape index (κ1) is 20.6. The average Bonchev–Trinajstić information content (AvgIpc) is 3.37. The number of aliphatic imine (C=N–C) groups is 2. The first-order valence-corrected chi connectivity index (χ1v) is 10.7. The van der Waals surface area contributed by atoms with Gasteiger partial charge in [0.1, 0.15) is 13.2 Å². The van der Waals surface area contributed by atoms with Gasteiger partial charge in [0.2, 0.25) is 11.8 Å². The van der Waals surface area contributed by atoms with E-state index in [4.69, 9.17) is 19.5 Å². The molecule has 0 unspecified atom stereocenters. The van der Waals surface area contributed by atoms with E-state index in [0.717, 1.165) is 34.0 Å². The van der Waals surface area contributed by atoms with Crippen LogP contribution in [0.1, 0.15) is 52.7 Å². The lowest BCUT2D eigenvalue weighted by atomic mass is 9.88. The Bertz CT molecular complexity index is 911. The second-order valence-corrected chi connectivity index (χ2v) is 10.3. The molecule has 0 spiro atoms. The van der Waals surface area contributed by atoms with E-state index in [1.54, 1.807) is 0 Å². The summed E-state index contributed by atoms with van der Waals surface area (Å²) >= 11 is 0. The standard InChI is InChI=1S/C26H32N2O2/c1-25(2,3)21-15-29-23(27-21)19-13-9-7-11-17(19)18-12-8-10-14-20(18)24-28-22(16-30-24)26(4,5)6/h7-14,21-22H,15-16H2,1-6H3/t21-,22-/m1/s1. The second-order valence-electron chi connectivity index (χ2n) is 10.3. The molecule has 0 amide bonds. The summed E-state index contributed by atoms with van der Waals surface area (Å²) < 4.78 is 12.1. The van der Waals surface area contributed by atoms with Crippen LogP contribution in [0.4, 0.5) is 0 Å². The van der Waals surface area contributed by atoms with E-state index in [2.05, 4.69) is 77.9 Å². The normalized spacial score (nSPS) is 21.7. The van der Waals surface area contributed by atoms with Crippen LogP contribution in [0, 0.1) is 10.8 Å². The first-order chi connectivity index (χ1) is 14.1. The van der Waals surface area contributed by atoms with E-state index in [1.807, 2.05) is 12.1 Å². The quantitative estimate of drug-likeness (QED) is 0.655. The van der Waals surface area contributed by atoms with Gasteiger partial charge in [-0.2, -0.15) is 0 Å². The van der Waals surface area contributed by atoms with Crippen molar-refractivity contribution in [1.29, 1.82) is 0 Å². The van der Waals surface area contributed by atoms with E-state index < -0.39 is 0 Å². The van der Waals surface area contributed by atoms with Gasteiger partial charge in [0.25, 0.3) is 0 Å². The molecule has 4 rings (SSSR count). The maximum absolute atomic E-state index is 6.06. The lowest BCUT2D eigenvalue weighted by Crippen LogP contribution is -2.25. The summed E-state index contributed by atoms with van der Waals surface area (Å²) in [6, 6.07) is 16.9. The Hall–Kier alpha value is -2.62. The molecule has 2 aliphatic heterocycles. The van der Waals surface area contributed by atoms with Crippen molar-refractivity contribution >= 4 is 11.8 Å². The summed E-state index contributed by atoms with van der Waals surface area (Å²) in [7, 11) is 0. The van der Waals surface area contributed by atoms with Crippen LogP contribution in [0.2, 0.25) is 0 Å². The lowest BCUT2D eigenvalue weighted by Gasteiger charge is -2.21. The molecule has 30 heavy (non-hydrogen) atoms. The molecule has 0 bridgehead atoms. The number of ether oxygens (including phenoxy) is 2. The highest BCUT2D eigenvalue weighted by molar-refractivity contribution is 6.07. The van der Waals surface area contributed by atoms with Crippen molar-refractivity contribution in [2.75, 3.05) is 13.2 Å². The molecule has 158 valence electrons. The molecule has 0 saturated heterocycles. The highest BCUT2D eigenvalue weighted by Gasteiger charge is 2.33. The zero-order valence-electron chi connectivity index (χ0n) is 18.9. The van der Waals surface area contributed by atoms with Crippen LogP contribution in [0.15, 0.2) is 58.5 Å². The molecule has 2 aromatic carbocycles. The lowest BCUT2D eigenvalue weighted by molar-refractivity contribution is 0.235. The van der Waals surface area contributed by atoms with Crippen molar-refractivity contribution in [3.63, 3.8) is 0 Å². The zero-order valence-corrected chi connectivity index (χ0v) is 18.9. The Kier molecular flexibility index (Phi) is 5.21. The third-order valence-electron chi connectivity index (χ3n) is 5.91. The van der Waals surface area contributed by atoms with E-state index in [1.165, 1.54) is 0 Å². The van der Waals surface area contributed by atoms with Gasteiger partial charge in [0.15, 0.2) is 0 Å². The Morgan fingerprint density at radius 1 is 0.600 bits per heavy atom. The molecule has 0 aromatic heterocycles. The van der Waals surface area contributed by atoms with Crippen LogP contribution in [0.25, 0.3) is 11.1 Å². The van der Waals surface area contributed by atoms with E-state index in [9.17, 15) is 0 Å². The Balaban J connectivity index is 1.76. The van der Waals surface area contributed by atoms with Crippen LogP contribution >= 0.6 is 0 Å². The molecular formula is C26H32N2O2. The van der Waals surface area contributed by atoms with Crippen molar-refractivity contribution < 1.29 is 9.47 Å².